The zero-order chi connectivity index (χ0) is 13.5. The van der Waals surface area contributed by atoms with Gasteiger partial charge in [0.1, 0.15) is 11.9 Å². The molecule has 0 fully saturated rings. The van der Waals surface area contributed by atoms with Crippen LogP contribution in [0.1, 0.15) is 26.1 Å². The summed E-state index contributed by atoms with van der Waals surface area (Å²) in [6.45, 7) is 5.86. The molecule has 0 aliphatic rings. The summed E-state index contributed by atoms with van der Waals surface area (Å²) in [4.78, 5) is 15.8. The van der Waals surface area contributed by atoms with Crippen molar-refractivity contribution in [2.75, 3.05) is 12.9 Å². The molecule has 0 aliphatic heterocycles. The van der Waals surface area contributed by atoms with E-state index in [2.05, 4.69) is 20.5 Å². The lowest BCUT2D eigenvalue weighted by molar-refractivity contribution is -0.143. The van der Waals surface area contributed by atoms with Gasteiger partial charge in [-0.05, 0) is 13.3 Å². The summed E-state index contributed by atoms with van der Waals surface area (Å²) >= 11 is 1.52. The van der Waals surface area contributed by atoms with Crippen molar-refractivity contribution in [1.29, 1.82) is 0 Å². The van der Waals surface area contributed by atoms with E-state index in [9.17, 15) is 4.79 Å². The average Bonchev–Trinajstić information content (AvgIpc) is 2.72. The zero-order valence-electron chi connectivity index (χ0n) is 11.2. The van der Waals surface area contributed by atoms with Crippen LogP contribution < -0.4 is 5.32 Å². The van der Waals surface area contributed by atoms with E-state index in [1.807, 2.05) is 20.8 Å². The topological polar surface area (TPSA) is 79.9 Å². The maximum Gasteiger partial charge on any atom is 0.322 e. The number of ether oxygens (including phenoxy) is 1. The number of methoxy groups -OCH3 is 1. The number of hydrogen-bond donors (Lipinski definition) is 2. The molecule has 1 unspecified atom stereocenters. The summed E-state index contributed by atoms with van der Waals surface area (Å²) in [6.07, 6.45) is 0.684. The molecule has 0 aliphatic carbocycles. The molecule has 18 heavy (non-hydrogen) atoms. The minimum Gasteiger partial charge on any atom is -0.468 e. The number of nitrogens with zero attached hydrogens (tertiary/aromatic N) is 2. The van der Waals surface area contributed by atoms with Crippen molar-refractivity contribution < 1.29 is 9.53 Å². The molecule has 0 saturated heterocycles. The van der Waals surface area contributed by atoms with Gasteiger partial charge in [0, 0.05) is 11.8 Å². The molecule has 6 nitrogen and oxygen atoms in total. The Labute approximate surface area is 111 Å². The molecule has 1 rings (SSSR count). The van der Waals surface area contributed by atoms with Gasteiger partial charge in [0.2, 0.25) is 5.16 Å². The molecular weight excluding hydrogens is 252 g/mol. The van der Waals surface area contributed by atoms with E-state index in [1.54, 1.807) is 0 Å². The lowest BCUT2D eigenvalue weighted by Crippen LogP contribution is -2.41. The summed E-state index contributed by atoms with van der Waals surface area (Å²) in [5, 5.41) is 10.7. The summed E-state index contributed by atoms with van der Waals surface area (Å²) in [5.41, 5.74) is 0. The fourth-order valence-corrected chi connectivity index (χ4v) is 2.32. The summed E-state index contributed by atoms with van der Waals surface area (Å²) in [7, 11) is 1.41. The van der Waals surface area contributed by atoms with Crippen LogP contribution in [-0.2, 0) is 9.53 Å². The highest BCUT2D eigenvalue weighted by Gasteiger charge is 2.19. The molecule has 2 N–H and O–H groups in total. The van der Waals surface area contributed by atoms with Crippen molar-refractivity contribution in [3.63, 3.8) is 0 Å². The van der Waals surface area contributed by atoms with Gasteiger partial charge in [-0.2, -0.15) is 0 Å². The van der Waals surface area contributed by atoms with E-state index in [-0.39, 0.29) is 18.1 Å². The van der Waals surface area contributed by atoms with Gasteiger partial charge in [-0.25, -0.2) is 4.98 Å². The highest BCUT2D eigenvalue weighted by Crippen LogP contribution is 2.14. The van der Waals surface area contributed by atoms with Gasteiger partial charge in [0.05, 0.1) is 7.11 Å². The number of rotatable bonds is 7. The second kappa shape index (κ2) is 7.38. The average molecular weight is 272 g/mol. The van der Waals surface area contributed by atoms with E-state index in [0.29, 0.717) is 11.6 Å². The smallest absolute Gasteiger partial charge is 0.322 e. The van der Waals surface area contributed by atoms with Crippen molar-refractivity contribution in [3.05, 3.63) is 5.82 Å². The molecule has 0 radical (unpaired) electrons. The Bertz CT molecular complexity index is 381. The number of thioether (sulfide) groups is 1. The van der Waals surface area contributed by atoms with Crippen LogP contribution >= 0.6 is 11.8 Å². The maximum absolute atomic E-state index is 11.6. The predicted octanol–water partition coefficient (Wildman–Crippen LogP) is 1.13. The summed E-state index contributed by atoms with van der Waals surface area (Å²) in [6, 6.07) is -0.0348. The summed E-state index contributed by atoms with van der Waals surface area (Å²) in [5.74, 6) is 1.33. The molecule has 0 bridgehead atoms. The second-order valence-corrected chi connectivity index (χ2v) is 5.30. The third kappa shape index (κ3) is 5.05. The fraction of sp³-hybridized carbons (Fsp3) is 0.727. The van der Waals surface area contributed by atoms with E-state index < -0.39 is 0 Å². The number of aromatic nitrogens is 3. The largest absolute Gasteiger partial charge is 0.468 e. The molecule has 0 spiro atoms. The highest BCUT2D eigenvalue weighted by atomic mass is 32.2. The standard InChI is InChI=1S/C11H20N4O2S/c1-7(2)12-9(10(16)17-4)5-6-18-11-13-8(3)14-15-11/h7,9,12H,5-6H2,1-4H3,(H,13,14,15). The van der Waals surface area contributed by atoms with E-state index in [1.165, 1.54) is 18.9 Å². The lowest BCUT2D eigenvalue weighted by Gasteiger charge is -2.18. The van der Waals surface area contributed by atoms with Gasteiger partial charge in [-0.3, -0.25) is 9.89 Å². The van der Waals surface area contributed by atoms with Crippen LogP contribution in [0.25, 0.3) is 0 Å². The SMILES string of the molecule is COC(=O)C(CCSc1n[nH]c(C)n1)NC(C)C. The molecule has 0 saturated carbocycles. The van der Waals surface area contributed by atoms with Gasteiger partial charge in [0.25, 0.3) is 0 Å². The minimum atomic E-state index is -0.275. The molecule has 102 valence electrons. The molecule has 0 aromatic carbocycles. The molecule has 1 aromatic heterocycles. The first-order valence-electron chi connectivity index (χ1n) is 5.88. The van der Waals surface area contributed by atoms with Crippen LogP contribution in [0.15, 0.2) is 5.16 Å². The number of carbonyl (C=O) groups excluding carboxylic acids is 1. The second-order valence-electron chi connectivity index (χ2n) is 4.24. The van der Waals surface area contributed by atoms with E-state index in [4.69, 9.17) is 4.74 Å². The number of H-pyrrole nitrogens is 1. The van der Waals surface area contributed by atoms with Crippen molar-refractivity contribution in [1.82, 2.24) is 20.5 Å². The number of carbonyl (C=O) groups is 1. The third-order valence-electron chi connectivity index (χ3n) is 2.23. The van der Waals surface area contributed by atoms with Gasteiger partial charge in [-0.15, -0.1) is 5.10 Å². The Kier molecular flexibility index (Phi) is 6.14. The van der Waals surface area contributed by atoms with Crippen molar-refractivity contribution >= 4 is 17.7 Å². The van der Waals surface area contributed by atoms with Crippen molar-refractivity contribution in [2.24, 2.45) is 0 Å². The monoisotopic (exact) mass is 272 g/mol. The molecule has 1 aromatic rings. The van der Waals surface area contributed by atoms with Gasteiger partial charge in [0.15, 0.2) is 0 Å². The van der Waals surface area contributed by atoms with Crippen LogP contribution in [0.2, 0.25) is 0 Å². The van der Waals surface area contributed by atoms with E-state index in [0.717, 1.165) is 11.6 Å². The first kappa shape index (κ1) is 15.0. The first-order chi connectivity index (χ1) is 8.52. The van der Waals surface area contributed by atoms with Crippen molar-refractivity contribution in [3.8, 4) is 0 Å². The number of nitrogens with one attached hydrogen (secondary N) is 2. The molecule has 7 heteroatoms. The molecule has 1 atom stereocenters. The highest BCUT2D eigenvalue weighted by molar-refractivity contribution is 7.99. The number of aromatic amines is 1. The van der Waals surface area contributed by atoms with E-state index >= 15 is 0 Å². The Hall–Kier alpha value is -1.08. The van der Waals surface area contributed by atoms with Crippen LogP contribution in [0.3, 0.4) is 0 Å². The Balaban J connectivity index is 2.39. The van der Waals surface area contributed by atoms with Gasteiger partial charge >= 0.3 is 5.97 Å². The Morgan fingerprint density at radius 1 is 1.56 bits per heavy atom. The van der Waals surface area contributed by atoms with Crippen LogP contribution in [0.5, 0.6) is 0 Å². The molecular formula is C11H20N4O2S. The minimum absolute atomic E-state index is 0.226. The van der Waals surface area contributed by atoms with Crippen molar-refractivity contribution in [2.45, 2.75) is 44.4 Å². The summed E-state index contributed by atoms with van der Waals surface area (Å²) < 4.78 is 4.77. The molecule has 0 amide bonds. The van der Waals surface area contributed by atoms with Gasteiger partial charge in [-0.1, -0.05) is 25.6 Å². The van der Waals surface area contributed by atoms with Gasteiger partial charge < -0.3 is 10.1 Å². The lowest BCUT2D eigenvalue weighted by atomic mass is 10.2. The van der Waals surface area contributed by atoms with Crippen LogP contribution in [0, 0.1) is 6.92 Å². The number of aryl methyl sites for hydroxylation is 1. The number of esters is 1. The van der Waals surface area contributed by atoms with Crippen LogP contribution in [0.4, 0.5) is 0 Å². The molecule has 1 heterocycles. The number of hydrogen-bond acceptors (Lipinski definition) is 6. The fourth-order valence-electron chi connectivity index (χ4n) is 1.47. The third-order valence-corrected chi connectivity index (χ3v) is 3.12. The predicted molar refractivity (Wildman–Crippen MR) is 70.5 cm³/mol. The Morgan fingerprint density at radius 3 is 2.78 bits per heavy atom. The zero-order valence-corrected chi connectivity index (χ0v) is 12.0. The normalized spacial score (nSPS) is 12.7. The Morgan fingerprint density at radius 2 is 2.28 bits per heavy atom. The first-order valence-corrected chi connectivity index (χ1v) is 6.87. The maximum atomic E-state index is 11.6. The van der Waals surface area contributed by atoms with Crippen LogP contribution in [-0.4, -0.2) is 46.1 Å². The quantitative estimate of drug-likeness (QED) is 0.572.